The summed E-state index contributed by atoms with van der Waals surface area (Å²) in [5.74, 6) is 0.692. The summed E-state index contributed by atoms with van der Waals surface area (Å²) in [6, 6.07) is 35.3. The van der Waals surface area contributed by atoms with Crippen molar-refractivity contribution < 1.29 is 51.9 Å². The van der Waals surface area contributed by atoms with Gasteiger partial charge in [0.2, 0.25) is 11.8 Å². The Balaban J connectivity index is 0.000000225. The number of aromatic nitrogens is 8. The summed E-state index contributed by atoms with van der Waals surface area (Å²) in [5, 5.41) is 20.7. The van der Waals surface area contributed by atoms with Crippen LogP contribution in [0.5, 0.6) is 35.3 Å². The SMILES string of the molecule is CC(C)(COc1ccc(-c2ccc(-c3nc(Oc4ccc(F)cc4)n[nH]3)cc2)cn1)C(=O)O.COC(=O)C(C)(C)COc1ccc(-c2ccc(-c3nc(Oc4ccc(F)cc4)n(COCC[Si](C)(C)C)n3)cc2)cn1. The minimum absolute atomic E-state index is 0.0213. The fraction of sp³-hybridized carbons (Fsp3) is 0.273. The first-order valence-electron chi connectivity index (χ1n) is 23.8. The number of nitrogens with one attached hydrogen (secondary N) is 1. The van der Waals surface area contributed by atoms with Gasteiger partial charge in [0.25, 0.3) is 0 Å². The highest BCUT2D eigenvalue weighted by atomic mass is 28.3. The van der Waals surface area contributed by atoms with Crippen LogP contribution in [-0.4, -0.2) is 92.0 Å². The Kier molecular flexibility index (Phi) is 17.5. The number of aliphatic carboxylic acids is 1. The number of esters is 1. The molecule has 0 saturated carbocycles. The number of carbonyl (C=O) groups is 2. The van der Waals surface area contributed by atoms with E-state index in [9.17, 15) is 18.4 Å². The Hall–Kier alpha value is -8.36. The maximum absolute atomic E-state index is 13.4. The molecule has 0 saturated heterocycles. The second kappa shape index (κ2) is 24.1. The van der Waals surface area contributed by atoms with E-state index < -0.39 is 24.9 Å². The van der Waals surface area contributed by atoms with Crippen molar-refractivity contribution in [1.82, 2.24) is 39.9 Å². The van der Waals surface area contributed by atoms with Gasteiger partial charge < -0.3 is 33.5 Å². The molecule has 20 heteroatoms. The van der Waals surface area contributed by atoms with Gasteiger partial charge in [0.15, 0.2) is 11.6 Å². The summed E-state index contributed by atoms with van der Waals surface area (Å²) >= 11 is 0. The molecule has 75 heavy (non-hydrogen) atoms. The zero-order valence-electron chi connectivity index (χ0n) is 42.8. The molecule has 4 aromatic carbocycles. The van der Waals surface area contributed by atoms with Gasteiger partial charge in [-0.05, 0) is 106 Å². The number of rotatable bonds is 21. The predicted octanol–water partition coefficient (Wildman–Crippen LogP) is 11.8. The van der Waals surface area contributed by atoms with Crippen molar-refractivity contribution in [2.75, 3.05) is 26.9 Å². The molecule has 4 heterocycles. The molecule has 0 bridgehead atoms. The second-order valence-electron chi connectivity index (χ2n) is 19.7. The molecule has 0 spiro atoms. The van der Waals surface area contributed by atoms with Crippen LogP contribution in [-0.2, 0) is 25.8 Å². The number of carboxylic acid groups (broad SMARTS) is 1. The van der Waals surface area contributed by atoms with Crippen LogP contribution in [0.2, 0.25) is 25.7 Å². The first kappa shape index (κ1) is 54.4. The van der Waals surface area contributed by atoms with Crippen LogP contribution in [0.4, 0.5) is 8.78 Å². The van der Waals surface area contributed by atoms with Gasteiger partial charge in [-0.2, -0.15) is 14.6 Å². The van der Waals surface area contributed by atoms with E-state index in [1.165, 1.54) is 43.5 Å². The maximum Gasteiger partial charge on any atom is 0.341 e. The summed E-state index contributed by atoms with van der Waals surface area (Å²) in [5.41, 5.74) is 3.48. The van der Waals surface area contributed by atoms with Crippen molar-refractivity contribution in [2.24, 2.45) is 10.8 Å². The third-order valence-electron chi connectivity index (χ3n) is 11.3. The van der Waals surface area contributed by atoms with Crippen LogP contribution in [0.25, 0.3) is 45.0 Å². The number of H-pyrrole nitrogens is 1. The molecule has 8 rings (SSSR count). The summed E-state index contributed by atoms with van der Waals surface area (Å²) in [7, 11) is 0.114. The number of methoxy groups -OCH3 is 1. The third kappa shape index (κ3) is 15.6. The molecule has 0 amide bonds. The smallest absolute Gasteiger partial charge is 0.341 e. The highest BCUT2D eigenvalue weighted by molar-refractivity contribution is 6.76. The van der Waals surface area contributed by atoms with Crippen LogP contribution < -0.4 is 18.9 Å². The maximum atomic E-state index is 13.4. The number of halogens is 2. The van der Waals surface area contributed by atoms with Crippen molar-refractivity contribution in [3.05, 3.63) is 145 Å². The Morgan fingerprint density at radius 3 is 1.63 bits per heavy atom. The van der Waals surface area contributed by atoms with Crippen molar-refractivity contribution in [2.45, 2.75) is 60.1 Å². The lowest BCUT2D eigenvalue weighted by atomic mass is 9.95. The Morgan fingerprint density at radius 1 is 0.640 bits per heavy atom. The van der Waals surface area contributed by atoms with Crippen molar-refractivity contribution in [3.63, 3.8) is 0 Å². The predicted molar refractivity (Wildman–Crippen MR) is 279 cm³/mol. The van der Waals surface area contributed by atoms with Gasteiger partial charge in [-0.15, -0.1) is 10.2 Å². The van der Waals surface area contributed by atoms with Crippen LogP contribution in [0, 0.1) is 22.5 Å². The van der Waals surface area contributed by atoms with Gasteiger partial charge >= 0.3 is 24.0 Å². The number of carboxylic acids is 1. The van der Waals surface area contributed by atoms with E-state index in [1.807, 2.05) is 60.7 Å². The molecule has 2 N–H and O–H groups in total. The van der Waals surface area contributed by atoms with Gasteiger partial charge in [-0.1, -0.05) is 68.2 Å². The fourth-order valence-corrected chi connectivity index (χ4v) is 7.34. The zero-order chi connectivity index (χ0) is 53.8. The van der Waals surface area contributed by atoms with E-state index in [2.05, 4.69) is 54.9 Å². The second-order valence-corrected chi connectivity index (χ2v) is 25.3. The summed E-state index contributed by atoms with van der Waals surface area (Å²) in [6.45, 7) is 14.6. The van der Waals surface area contributed by atoms with E-state index in [4.69, 9.17) is 33.5 Å². The quantitative estimate of drug-likeness (QED) is 0.0390. The van der Waals surface area contributed by atoms with E-state index in [0.717, 1.165) is 39.4 Å². The number of benzene rings is 4. The highest BCUT2D eigenvalue weighted by Gasteiger charge is 2.30. The summed E-state index contributed by atoms with van der Waals surface area (Å²) in [4.78, 5) is 40.6. The Bertz CT molecular complexity index is 3130. The average molecular weight is 1040 g/mol. The monoisotopic (exact) mass is 1040 g/mol. The van der Waals surface area contributed by atoms with Gasteiger partial charge in [0.1, 0.15) is 43.1 Å². The number of carbonyl (C=O) groups excluding carboxylic acids is 1. The number of ether oxygens (including phenoxy) is 6. The largest absolute Gasteiger partial charge is 0.481 e. The van der Waals surface area contributed by atoms with Gasteiger partial charge in [0.05, 0.1) is 17.9 Å². The molecule has 0 fully saturated rings. The number of hydrogen-bond donors (Lipinski definition) is 2. The van der Waals surface area contributed by atoms with E-state index in [1.54, 1.807) is 69.0 Å². The number of hydrogen-bond acceptors (Lipinski definition) is 14. The molecule has 0 aliphatic rings. The standard InChI is InChI=1S/C31H37FN4O5Si.C24H21FN4O4/c1-31(2,29(37)38-3)20-40-27-16-11-24(19-33-27)22-7-9-23(10-8-22)28-34-30(41-26-14-12-25(32)13-15-26)36(35-28)21-39-17-18-42(4,5)6;1-24(2,22(30)31)14-32-20-12-7-17(13-26-20)15-3-5-16(6-4-15)21-27-23(29-28-21)33-19-10-8-18(25)9-11-19/h7-16,19H,17-18,20-21H2,1-6H3;3-13H,14H2,1-2H3,(H,30,31)(H,27,28,29). The van der Waals surface area contributed by atoms with Crippen LogP contribution in [0.15, 0.2) is 134 Å². The fourth-order valence-electron chi connectivity index (χ4n) is 6.59. The molecule has 0 unspecified atom stereocenters. The number of pyridine rings is 2. The molecule has 0 radical (unpaired) electrons. The molecular weight excluding hydrogens is 983 g/mol. The zero-order valence-corrected chi connectivity index (χ0v) is 43.8. The molecule has 0 aliphatic heterocycles. The summed E-state index contributed by atoms with van der Waals surface area (Å²) < 4.78 is 61.4. The van der Waals surface area contributed by atoms with E-state index in [0.29, 0.717) is 41.5 Å². The van der Waals surface area contributed by atoms with Crippen LogP contribution >= 0.6 is 0 Å². The molecule has 390 valence electrons. The number of nitrogens with zero attached hydrogens (tertiary/aromatic N) is 7. The lowest BCUT2D eigenvalue weighted by molar-refractivity contribution is -0.152. The molecule has 0 aliphatic carbocycles. The molecule has 0 atom stereocenters. The summed E-state index contributed by atoms with van der Waals surface area (Å²) in [6.07, 6.45) is 3.38. The Labute approximate surface area is 433 Å². The lowest BCUT2D eigenvalue weighted by Gasteiger charge is -2.21. The van der Waals surface area contributed by atoms with Crippen LogP contribution in [0.3, 0.4) is 0 Å². The Morgan fingerprint density at radius 2 is 1.13 bits per heavy atom. The average Bonchev–Trinajstić information content (AvgIpc) is 4.04. The lowest BCUT2D eigenvalue weighted by Crippen LogP contribution is -2.32. The van der Waals surface area contributed by atoms with Crippen molar-refractivity contribution >= 4 is 20.0 Å². The normalized spacial score (nSPS) is 11.5. The minimum Gasteiger partial charge on any atom is -0.481 e. The molecule has 4 aromatic heterocycles. The molecule has 8 aromatic rings. The first-order chi connectivity index (χ1) is 35.7. The highest BCUT2D eigenvalue weighted by Crippen LogP contribution is 2.30. The van der Waals surface area contributed by atoms with Crippen molar-refractivity contribution in [3.8, 4) is 80.3 Å². The molecule has 17 nitrogen and oxygen atoms in total. The van der Waals surface area contributed by atoms with Gasteiger partial charge in [0, 0.05) is 61.5 Å². The minimum atomic E-state index is -1.24. The number of aromatic amines is 1. The molecular formula is C55H58F2N8O9Si. The van der Waals surface area contributed by atoms with Gasteiger partial charge in [-0.3, -0.25) is 14.7 Å². The third-order valence-corrected chi connectivity index (χ3v) is 13.0. The van der Waals surface area contributed by atoms with Crippen LogP contribution in [0.1, 0.15) is 27.7 Å². The van der Waals surface area contributed by atoms with E-state index >= 15 is 0 Å². The first-order valence-corrected chi connectivity index (χ1v) is 27.5. The van der Waals surface area contributed by atoms with Gasteiger partial charge in [-0.25, -0.2) is 18.7 Å². The topological polar surface area (TPSA) is 208 Å². The van der Waals surface area contributed by atoms with E-state index in [-0.39, 0.29) is 49.6 Å². The van der Waals surface area contributed by atoms with Crippen molar-refractivity contribution in [1.29, 1.82) is 0 Å².